The van der Waals surface area contributed by atoms with E-state index in [-0.39, 0.29) is 12.0 Å². The maximum atomic E-state index is 15.1. The Morgan fingerprint density at radius 1 is 0.967 bits per heavy atom. The van der Waals surface area contributed by atoms with Crippen molar-refractivity contribution in [1.82, 2.24) is 0 Å². The maximum Gasteiger partial charge on any atom is 0.573 e. The van der Waals surface area contributed by atoms with Gasteiger partial charge in [0.2, 0.25) is 0 Å². The lowest BCUT2D eigenvalue weighted by molar-refractivity contribution is -0.275. The first-order chi connectivity index (χ1) is 15.9. The summed E-state index contributed by atoms with van der Waals surface area (Å²) in [6, 6.07) is -3.89. The van der Waals surface area contributed by atoms with Crippen LogP contribution in [-0.2, 0) is 6.42 Å². The molecule has 0 bridgehead atoms. The highest BCUT2D eigenvalue weighted by Crippen LogP contribution is 2.35. The number of hydrogen-bond donors (Lipinski definition) is 0. The van der Waals surface area contributed by atoms with Gasteiger partial charge in [-0.25, -0.2) is 13.2 Å². The highest BCUT2D eigenvalue weighted by Gasteiger charge is 2.32. The van der Waals surface area contributed by atoms with Gasteiger partial charge in [0.25, 0.3) is 0 Å². The normalized spacial score (nSPS) is 21.6. The minimum atomic E-state index is -5.40. The quantitative estimate of drug-likeness (QED) is 0.421. The van der Waals surface area contributed by atoms with Gasteiger partial charge in [-0.1, -0.05) is 45.1 Å². The summed E-state index contributed by atoms with van der Waals surface area (Å²) in [6.45, 7) is 2.14. The van der Waals surface area contributed by atoms with Crippen molar-refractivity contribution < 1.29 is 36.6 Å². The third-order valence-corrected chi connectivity index (χ3v) is 5.60. The SMILES string of the molecule is [2H]c1c(CCC2CCC(CC)CC2)cc(F)c(-c2c([2H])c([2H])c(OC(F)(F)F)c(F)c2[2H])c1F. The summed E-state index contributed by atoms with van der Waals surface area (Å²) in [5, 5.41) is 0. The highest BCUT2D eigenvalue weighted by molar-refractivity contribution is 5.66. The average Bonchev–Trinajstić information content (AvgIpc) is 2.78. The van der Waals surface area contributed by atoms with Crippen LogP contribution in [0, 0.1) is 29.3 Å². The fourth-order valence-electron chi connectivity index (χ4n) is 3.90. The van der Waals surface area contributed by atoms with Crippen molar-refractivity contribution in [1.29, 1.82) is 0 Å². The Bertz CT molecular complexity index is 1040. The molecule has 0 spiro atoms. The summed E-state index contributed by atoms with van der Waals surface area (Å²) in [4.78, 5) is 0. The largest absolute Gasteiger partial charge is 0.573 e. The van der Waals surface area contributed by atoms with Gasteiger partial charge in [-0.3, -0.25) is 0 Å². The van der Waals surface area contributed by atoms with Crippen molar-refractivity contribution in [3.8, 4) is 16.9 Å². The van der Waals surface area contributed by atoms with E-state index >= 15 is 4.39 Å². The molecular weight excluding hydrogens is 406 g/mol. The number of aryl methyl sites for hydroxylation is 1. The van der Waals surface area contributed by atoms with Crippen LogP contribution in [0.2, 0.25) is 0 Å². The van der Waals surface area contributed by atoms with E-state index in [9.17, 15) is 22.0 Å². The van der Waals surface area contributed by atoms with Crippen LogP contribution in [0.25, 0.3) is 11.1 Å². The lowest BCUT2D eigenvalue weighted by Crippen LogP contribution is -2.17. The number of rotatable bonds is 6. The van der Waals surface area contributed by atoms with E-state index < -0.39 is 64.9 Å². The first-order valence-corrected chi connectivity index (χ1v) is 9.88. The first-order valence-electron chi connectivity index (χ1n) is 11.9. The van der Waals surface area contributed by atoms with Gasteiger partial charge < -0.3 is 4.74 Å². The Balaban J connectivity index is 1.95. The standard InChI is InChI=1S/C23H24F6O/c1-2-14-3-5-15(6-4-14)7-8-16-11-19(25)22(20(26)12-16)17-9-10-21(18(24)13-17)30-23(27,28)29/h9-15H,2-8H2,1H3/i9D,10D,11D,13D. The van der Waals surface area contributed by atoms with Crippen LogP contribution in [0.3, 0.4) is 0 Å². The molecule has 0 amide bonds. The number of alkyl halides is 3. The zero-order valence-electron chi connectivity index (χ0n) is 20.4. The number of halogens is 6. The molecule has 0 N–H and O–H groups in total. The maximum absolute atomic E-state index is 15.1. The summed E-state index contributed by atoms with van der Waals surface area (Å²) >= 11 is 0. The number of hydrogen-bond acceptors (Lipinski definition) is 1. The first kappa shape index (κ1) is 17.5. The van der Waals surface area contributed by atoms with Crippen molar-refractivity contribution in [2.24, 2.45) is 11.8 Å². The minimum Gasteiger partial charge on any atom is -0.403 e. The Morgan fingerprint density at radius 3 is 2.27 bits per heavy atom. The zero-order valence-corrected chi connectivity index (χ0v) is 16.4. The molecule has 7 heteroatoms. The fraction of sp³-hybridized carbons (Fsp3) is 0.478. The number of benzene rings is 2. The van der Waals surface area contributed by atoms with Crippen LogP contribution >= 0.6 is 0 Å². The van der Waals surface area contributed by atoms with E-state index in [2.05, 4.69) is 11.7 Å². The predicted molar refractivity (Wildman–Crippen MR) is 102 cm³/mol. The Labute approximate surface area is 177 Å². The van der Waals surface area contributed by atoms with Gasteiger partial charge >= 0.3 is 6.36 Å². The van der Waals surface area contributed by atoms with E-state index in [1.165, 1.54) is 0 Å². The molecule has 30 heavy (non-hydrogen) atoms. The van der Waals surface area contributed by atoms with Gasteiger partial charge in [-0.2, -0.15) is 0 Å². The van der Waals surface area contributed by atoms with Crippen LogP contribution in [-0.4, -0.2) is 6.36 Å². The molecule has 2 aromatic carbocycles. The molecule has 0 unspecified atom stereocenters. The van der Waals surface area contributed by atoms with Crippen molar-refractivity contribution in [2.75, 3.05) is 0 Å². The molecule has 0 aromatic heterocycles. The molecule has 1 nitrogen and oxygen atoms in total. The predicted octanol–water partition coefficient (Wildman–Crippen LogP) is 7.82. The van der Waals surface area contributed by atoms with Gasteiger partial charge in [0.1, 0.15) is 11.6 Å². The van der Waals surface area contributed by atoms with Gasteiger partial charge in [-0.15, -0.1) is 13.2 Å². The third kappa shape index (κ3) is 5.70. The molecule has 0 atom stereocenters. The highest BCUT2D eigenvalue weighted by atomic mass is 19.4. The van der Waals surface area contributed by atoms with Gasteiger partial charge in [0.05, 0.1) is 11.0 Å². The summed E-state index contributed by atoms with van der Waals surface area (Å²) < 4.78 is 117. The van der Waals surface area contributed by atoms with Gasteiger partial charge in [0.15, 0.2) is 11.6 Å². The van der Waals surface area contributed by atoms with E-state index in [4.69, 9.17) is 5.48 Å². The third-order valence-electron chi connectivity index (χ3n) is 5.60. The molecule has 0 radical (unpaired) electrons. The Kier molecular flexibility index (Phi) is 5.43. The lowest BCUT2D eigenvalue weighted by atomic mass is 9.78. The molecule has 0 aliphatic heterocycles. The molecule has 1 aliphatic carbocycles. The lowest BCUT2D eigenvalue weighted by Gasteiger charge is -2.27. The molecule has 164 valence electrons. The van der Waals surface area contributed by atoms with Crippen molar-refractivity contribution in [2.45, 2.75) is 58.2 Å². The molecule has 1 saturated carbocycles. The topological polar surface area (TPSA) is 9.23 Å². The molecular formula is C23H24F6O. The van der Waals surface area contributed by atoms with E-state index in [0.29, 0.717) is 18.3 Å². The second-order valence-electron chi connectivity index (χ2n) is 7.61. The zero-order chi connectivity index (χ0) is 25.4. The van der Waals surface area contributed by atoms with E-state index in [0.717, 1.165) is 38.2 Å². The Morgan fingerprint density at radius 2 is 1.63 bits per heavy atom. The van der Waals surface area contributed by atoms with Crippen LogP contribution in [0.4, 0.5) is 26.3 Å². The van der Waals surface area contributed by atoms with Crippen molar-refractivity contribution in [3.63, 3.8) is 0 Å². The van der Waals surface area contributed by atoms with Gasteiger partial charge in [0, 0.05) is 0 Å². The second-order valence-corrected chi connectivity index (χ2v) is 7.61. The summed E-state index contributed by atoms with van der Waals surface area (Å²) in [5.74, 6) is -5.41. The fourth-order valence-corrected chi connectivity index (χ4v) is 3.90. The smallest absolute Gasteiger partial charge is 0.403 e. The van der Waals surface area contributed by atoms with Gasteiger partial charge in [-0.05, 0) is 60.0 Å². The summed E-state index contributed by atoms with van der Waals surface area (Å²) in [7, 11) is 0. The Hall–Kier alpha value is -2.18. The summed E-state index contributed by atoms with van der Waals surface area (Å²) in [6.07, 6.45) is 0.735. The molecule has 0 heterocycles. The van der Waals surface area contributed by atoms with Crippen LogP contribution < -0.4 is 4.74 Å². The van der Waals surface area contributed by atoms with E-state index in [1.54, 1.807) is 0 Å². The van der Waals surface area contributed by atoms with Crippen LogP contribution in [0.5, 0.6) is 5.75 Å². The molecule has 0 saturated heterocycles. The van der Waals surface area contributed by atoms with Crippen molar-refractivity contribution >= 4 is 0 Å². The van der Waals surface area contributed by atoms with Crippen LogP contribution in [0.1, 0.15) is 56.5 Å². The van der Waals surface area contributed by atoms with Crippen LogP contribution in [0.15, 0.2) is 30.2 Å². The molecule has 1 fully saturated rings. The number of ether oxygens (including phenoxy) is 1. The molecule has 3 rings (SSSR count). The average molecular weight is 434 g/mol. The minimum absolute atomic E-state index is 0.0676. The van der Waals surface area contributed by atoms with E-state index in [1.807, 2.05) is 0 Å². The second kappa shape index (κ2) is 9.31. The molecule has 1 aliphatic rings. The van der Waals surface area contributed by atoms with Crippen molar-refractivity contribution in [3.05, 3.63) is 53.3 Å². The molecule has 2 aromatic rings. The summed E-state index contributed by atoms with van der Waals surface area (Å²) in [5.41, 5.74) is -2.08. The monoisotopic (exact) mass is 434 g/mol.